The predicted octanol–water partition coefficient (Wildman–Crippen LogP) is 2.55. The average Bonchev–Trinajstić information content (AvgIpc) is 2.56. The molecule has 0 saturated carbocycles. The molecule has 2 unspecified atom stereocenters. The van der Waals surface area contributed by atoms with Crippen molar-refractivity contribution in [3.05, 3.63) is 0 Å². The van der Waals surface area contributed by atoms with Crippen LogP contribution in [0.2, 0.25) is 0 Å². The van der Waals surface area contributed by atoms with Gasteiger partial charge in [0.1, 0.15) is 0 Å². The topological polar surface area (TPSA) is 77.4 Å². The largest absolute Gasteiger partial charge is 1.00 e. The molecule has 6 heteroatoms. The SMILES string of the molecule is CCCCCCCCCCCCCCC(CCC(O)CC)S(=O)(=O)[O-].[K+]. The van der Waals surface area contributed by atoms with Gasteiger partial charge in [-0.2, -0.15) is 0 Å². The summed E-state index contributed by atoms with van der Waals surface area (Å²) in [5.41, 5.74) is 0. The molecule has 152 valence electrons. The van der Waals surface area contributed by atoms with Crippen molar-refractivity contribution >= 4 is 10.1 Å². The number of rotatable bonds is 18. The van der Waals surface area contributed by atoms with Crippen molar-refractivity contribution in [1.82, 2.24) is 0 Å². The Bertz CT molecular complexity index is 387. The Labute approximate surface area is 205 Å². The van der Waals surface area contributed by atoms with Gasteiger partial charge in [-0.25, -0.2) is 8.42 Å². The summed E-state index contributed by atoms with van der Waals surface area (Å²) in [6, 6.07) is 0. The van der Waals surface area contributed by atoms with E-state index in [0.717, 1.165) is 19.3 Å². The predicted molar refractivity (Wildman–Crippen MR) is 105 cm³/mol. The van der Waals surface area contributed by atoms with Crippen molar-refractivity contribution in [2.75, 3.05) is 0 Å². The van der Waals surface area contributed by atoms with Crippen LogP contribution in [0, 0.1) is 0 Å². The van der Waals surface area contributed by atoms with Gasteiger partial charge in [-0.3, -0.25) is 0 Å². The van der Waals surface area contributed by atoms with Gasteiger partial charge in [0.15, 0.2) is 0 Å². The third-order valence-corrected chi connectivity index (χ3v) is 6.37. The first-order valence-electron chi connectivity index (χ1n) is 10.5. The van der Waals surface area contributed by atoms with Crippen LogP contribution in [-0.2, 0) is 10.1 Å². The normalized spacial score (nSPS) is 14.0. The van der Waals surface area contributed by atoms with Gasteiger partial charge < -0.3 is 9.66 Å². The first kappa shape index (κ1) is 29.7. The van der Waals surface area contributed by atoms with Crippen LogP contribution in [0.3, 0.4) is 0 Å². The summed E-state index contributed by atoms with van der Waals surface area (Å²) < 4.78 is 34.0. The molecule has 0 spiro atoms. The first-order chi connectivity index (χ1) is 11.9. The number of aliphatic hydroxyl groups excluding tert-OH is 1. The van der Waals surface area contributed by atoms with E-state index in [0.29, 0.717) is 25.7 Å². The van der Waals surface area contributed by atoms with Crippen molar-refractivity contribution in [1.29, 1.82) is 0 Å². The molecule has 0 bridgehead atoms. The van der Waals surface area contributed by atoms with Gasteiger partial charge in [-0.1, -0.05) is 90.9 Å². The van der Waals surface area contributed by atoms with Crippen molar-refractivity contribution in [2.24, 2.45) is 0 Å². The zero-order valence-corrected chi connectivity index (χ0v) is 21.5. The maximum atomic E-state index is 11.3. The molecule has 0 aromatic heterocycles. The van der Waals surface area contributed by atoms with Crippen LogP contribution >= 0.6 is 0 Å². The maximum absolute atomic E-state index is 11.3. The van der Waals surface area contributed by atoms with Crippen LogP contribution in [0.4, 0.5) is 0 Å². The minimum absolute atomic E-state index is 0. The molecule has 0 rings (SSSR count). The summed E-state index contributed by atoms with van der Waals surface area (Å²) in [6.07, 6.45) is 16.0. The standard InChI is InChI=1S/C20H42O4S.K/c1-3-5-6-7-8-9-10-11-12-13-14-15-16-20(25(22,23)24)18-17-19(21)4-2;/h19-21H,3-18H2,1-2H3,(H,22,23,24);/q;+1/p-1. The summed E-state index contributed by atoms with van der Waals surface area (Å²) in [6.45, 7) is 4.10. The van der Waals surface area contributed by atoms with Gasteiger partial charge in [-0.15, -0.1) is 0 Å². The van der Waals surface area contributed by atoms with Crippen molar-refractivity contribution in [3.8, 4) is 0 Å². The van der Waals surface area contributed by atoms with E-state index >= 15 is 0 Å². The number of hydrogen-bond acceptors (Lipinski definition) is 4. The van der Waals surface area contributed by atoms with Gasteiger partial charge >= 0.3 is 51.4 Å². The van der Waals surface area contributed by atoms with Crippen LogP contribution in [0.15, 0.2) is 0 Å². The molecule has 2 atom stereocenters. The Morgan fingerprint density at radius 3 is 1.54 bits per heavy atom. The van der Waals surface area contributed by atoms with Crippen LogP contribution in [0.5, 0.6) is 0 Å². The van der Waals surface area contributed by atoms with E-state index in [4.69, 9.17) is 0 Å². The molecule has 4 nitrogen and oxygen atoms in total. The molecule has 0 amide bonds. The zero-order chi connectivity index (χ0) is 19.0. The average molecular weight is 417 g/mol. The number of unbranched alkanes of at least 4 members (excludes halogenated alkanes) is 11. The minimum atomic E-state index is -4.24. The van der Waals surface area contributed by atoms with Gasteiger partial charge in [0.05, 0.1) is 16.2 Å². The maximum Gasteiger partial charge on any atom is 1.00 e. The van der Waals surface area contributed by atoms with Gasteiger partial charge in [0.2, 0.25) is 0 Å². The fraction of sp³-hybridized carbons (Fsp3) is 1.00. The molecule has 0 heterocycles. The summed E-state index contributed by atoms with van der Waals surface area (Å²) in [7, 11) is -4.24. The monoisotopic (exact) mass is 416 g/mol. The molecule has 1 N–H and O–H groups in total. The van der Waals surface area contributed by atoms with Crippen molar-refractivity contribution < 1.29 is 69.5 Å². The molecule has 26 heavy (non-hydrogen) atoms. The fourth-order valence-corrected chi connectivity index (χ4v) is 4.11. The van der Waals surface area contributed by atoms with Crippen molar-refractivity contribution in [2.45, 2.75) is 128 Å². The molecule has 0 aliphatic carbocycles. The molecular formula is C20H41KO4S. The second-order valence-corrected chi connectivity index (χ2v) is 9.08. The molecule has 0 radical (unpaired) electrons. The molecular weight excluding hydrogens is 375 g/mol. The van der Waals surface area contributed by atoms with E-state index in [-0.39, 0.29) is 51.4 Å². The number of aliphatic hydroxyl groups is 1. The Balaban J connectivity index is 0. The van der Waals surface area contributed by atoms with Crippen LogP contribution in [0.1, 0.15) is 117 Å². The van der Waals surface area contributed by atoms with E-state index < -0.39 is 21.5 Å². The Morgan fingerprint density at radius 1 is 0.731 bits per heavy atom. The van der Waals surface area contributed by atoms with Crippen LogP contribution < -0.4 is 51.4 Å². The molecule has 0 saturated heterocycles. The van der Waals surface area contributed by atoms with E-state index in [1.165, 1.54) is 57.8 Å². The second-order valence-electron chi connectivity index (χ2n) is 7.43. The van der Waals surface area contributed by atoms with Crippen molar-refractivity contribution in [3.63, 3.8) is 0 Å². The van der Waals surface area contributed by atoms with E-state index in [1.807, 2.05) is 6.92 Å². The number of hydrogen-bond donors (Lipinski definition) is 1. The zero-order valence-electron chi connectivity index (χ0n) is 17.5. The van der Waals surface area contributed by atoms with E-state index in [2.05, 4.69) is 6.92 Å². The minimum Gasteiger partial charge on any atom is -0.748 e. The third-order valence-electron chi connectivity index (χ3n) is 5.08. The van der Waals surface area contributed by atoms with Crippen LogP contribution in [0.25, 0.3) is 0 Å². The molecule has 0 aromatic carbocycles. The van der Waals surface area contributed by atoms with Crippen LogP contribution in [-0.4, -0.2) is 29.4 Å². The smallest absolute Gasteiger partial charge is 0.748 e. The molecule has 0 aliphatic heterocycles. The fourth-order valence-electron chi connectivity index (χ4n) is 3.23. The molecule has 0 aliphatic rings. The summed E-state index contributed by atoms with van der Waals surface area (Å²) in [4.78, 5) is 0. The Hall–Kier alpha value is 1.51. The molecule has 0 fully saturated rings. The van der Waals surface area contributed by atoms with Gasteiger partial charge in [0, 0.05) is 5.25 Å². The first-order valence-corrected chi connectivity index (χ1v) is 12.0. The third kappa shape index (κ3) is 18.9. The quantitative estimate of drug-likeness (QED) is 0.212. The van der Waals surface area contributed by atoms with Gasteiger partial charge in [0.25, 0.3) is 0 Å². The van der Waals surface area contributed by atoms with E-state index in [1.54, 1.807) is 0 Å². The Kier molecular flexibility index (Phi) is 22.6. The summed E-state index contributed by atoms with van der Waals surface area (Å²) in [5.74, 6) is 0. The Morgan fingerprint density at radius 2 is 1.15 bits per heavy atom. The van der Waals surface area contributed by atoms with E-state index in [9.17, 15) is 18.1 Å². The summed E-state index contributed by atoms with van der Waals surface area (Å²) in [5, 5.41) is 8.73. The summed E-state index contributed by atoms with van der Waals surface area (Å²) >= 11 is 0. The molecule has 0 aromatic rings. The second kappa shape index (κ2) is 19.8. The van der Waals surface area contributed by atoms with Gasteiger partial charge in [-0.05, 0) is 25.7 Å².